The lowest BCUT2D eigenvalue weighted by molar-refractivity contribution is -0.118. The molecule has 0 aliphatic carbocycles. The number of anilines is 3. The molecule has 1 aromatic carbocycles. The van der Waals surface area contributed by atoms with Crippen molar-refractivity contribution in [2.75, 3.05) is 36.4 Å². The lowest BCUT2D eigenvalue weighted by Gasteiger charge is -2.33. The highest BCUT2D eigenvalue weighted by Crippen LogP contribution is 2.25. The van der Waals surface area contributed by atoms with E-state index in [1.807, 2.05) is 38.1 Å². The van der Waals surface area contributed by atoms with E-state index in [2.05, 4.69) is 20.2 Å². The first-order chi connectivity index (χ1) is 11.5. The summed E-state index contributed by atoms with van der Waals surface area (Å²) in [5.74, 6) is 2.34. The second-order valence-corrected chi connectivity index (χ2v) is 6.31. The number of amides is 1. The van der Waals surface area contributed by atoms with E-state index < -0.39 is 0 Å². The van der Waals surface area contributed by atoms with Crippen LogP contribution in [0.1, 0.15) is 11.4 Å². The number of hydrogen-bond acceptors (Lipinski definition) is 5. The van der Waals surface area contributed by atoms with Gasteiger partial charge in [-0.2, -0.15) is 0 Å². The van der Waals surface area contributed by atoms with Crippen LogP contribution in [0.4, 0.5) is 17.3 Å². The molecule has 1 fully saturated rings. The lowest BCUT2D eigenvalue weighted by atomic mass is 10.2. The highest BCUT2D eigenvalue weighted by molar-refractivity contribution is 6.30. The molecular weight excluding hydrogens is 326 g/mol. The molecule has 24 heavy (non-hydrogen) atoms. The number of piperazine rings is 1. The van der Waals surface area contributed by atoms with Crippen LogP contribution < -0.4 is 10.2 Å². The quantitative estimate of drug-likeness (QED) is 0.863. The minimum atomic E-state index is 0.708. The molecule has 1 aromatic heterocycles. The number of carbonyl (C=O) groups excluding carboxylic acids is 1. The molecule has 0 radical (unpaired) electrons. The summed E-state index contributed by atoms with van der Waals surface area (Å²) in [7, 11) is 0. The Kier molecular flexibility index (Phi) is 4.85. The molecule has 0 spiro atoms. The summed E-state index contributed by atoms with van der Waals surface area (Å²) < 4.78 is 0. The van der Waals surface area contributed by atoms with Crippen molar-refractivity contribution in [3.05, 3.63) is 40.7 Å². The molecule has 6 nitrogen and oxygen atoms in total. The van der Waals surface area contributed by atoms with Crippen molar-refractivity contribution in [1.29, 1.82) is 0 Å². The van der Waals surface area contributed by atoms with Gasteiger partial charge in [0.2, 0.25) is 6.41 Å². The molecule has 1 N–H and O–H groups in total. The molecule has 0 atom stereocenters. The maximum Gasteiger partial charge on any atom is 0.209 e. The zero-order valence-electron chi connectivity index (χ0n) is 13.8. The largest absolute Gasteiger partial charge is 0.353 e. The summed E-state index contributed by atoms with van der Waals surface area (Å²) in [6.07, 6.45) is 0.902. The molecule has 7 heteroatoms. The normalized spacial score (nSPS) is 14.6. The van der Waals surface area contributed by atoms with Crippen molar-refractivity contribution >= 4 is 35.3 Å². The Morgan fingerprint density at radius 2 is 1.88 bits per heavy atom. The van der Waals surface area contributed by atoms with E-state index in [1.54, 1.807) is 4.90 Å². The van der Waals surface area contributed by atoms with Crippen LogP contribution >= 0.6 is 11.6 Å². The maximum absolute atomic E-state index is 10.8. The Morgan fingerprint density at radius 1 is 1.12 bits per heavy atom. The summed E-state index contributed by atoms with van der Waals surface area (Å²) in [5.41, 5.74) is 2.02. The Hall–Kier alpha value is -2.34. The molecule has 1 saturated heterocycles. The molecule has 2 heterocycles. The van der Waals surface area contributed by atoms with E-state index in [0.717, 1.165) is 42.4 Å². The number of nitrogens with one attached hydrogen (secondary N) is 1. The molecule has 3 rings (SSSR count). The number of halogens is 1. The van der Waals surface area contributed by atoms with Gasteiger partial charge in [-0.25, -0.2) is 9.97 Å². The Bertz CT molecular complexity index is 744. The van der Waals surface area contributed by atoms with Gasteiger partial charge < -0.3 is 15.1 Å². The monoisotopic (exact) mass is 345 g/mol. The first-order valence-corrected chi connectivity index (χ1v) is 8.26. The van der Waals surface area contributed by atoms with Crippen molar-refractivity contribution in [1.82, 2.24) is 14.9 Å². The van der Waals surface area contributed by atoms with Crippen LogP contribution in [-0.4, -0.2) is 47.5 Å². The smallest absolute Gasteiger partial charge is 0.209 e. The van der Waals surface area contributed by atoms with Crippen LogP contribution in [0.15, 0.2) is 24.3 Å². The average Bonchev–Trinajstić information content (AvgIpc) is 2.57. The second kappa shape index (κ2) is 7.05. The van der Waals surface area contributed by atoms with Crippen LogP contribution in [0.3, 0.4) is 0 Å². The maximum atomic E-state index is 10.8. The van der Waals surface area contributed by atoms with Gasteiger partial charge in [0.25, 0.3) is 0 Å². The summed E-state index contributed by atoms with van der Waals surface area (Å²) in [5, 5.41) is 4.05. The second-order valence-electron chi connectivity index (χ2n) is 5.87. The molecular formula is C17H20ClN5O. The van der Waals surface area contributed by atoms with E-state index in [-0.39, 0.29) is 0 Å². The summed E-state index contributed by atoms with van der Waals surface area (Å²) in [6.45, 7) is 6.85. The van der Waals surface area contributed by atoms with Gasteiger partial charge in [0.1, 0.15) is 17.5 Å². The van der Waals surface area contributed by atoms with Gasteiger partial charge in [0, 0.05) is 43.0 Å². The van der Waals surface area contributed by atoms with E-state index in [0.29, 0.717) is 23.9 Å². The average molecular weight is 346 g/mol. The number of carbonyl (C=O) groups is 1. The van der Waals surface area contributed by atoms with Crippen molar-refractivity contribution in [3.8, 4) is 0 Å². The topological polar surface area (TPSA) is 61.4 Å². The number of nitrogens with zero attached hydrogens (tertiary/aromatic N) is 4. The van der Waals surface area contributed by atoms with Crippen LogP contribution in [0.5, 0.6) is 0 Å². The fraction of sp³-hybridized carbons (Fsp3) is 0.353. The fourth-order valence-electron chi connectivity index (χ4n) is 2.74. The van der Waals surface area contributed by atoms with Crippen molar-refractivity contribution in [3.63, 3.8) is 0 Å². The van der Waals surface area contributed by atoms with Crippen molar-refractivity contribution < 1.29 is 4.79 Å². The van der Waals surface area contributed by atoms with E-state index in [9.17, 15) is 4.79 Å². The third-order valence-electron chi connectivity index (χ3n) is 4.06. The van der Waals surface area contributed by atoms with E-state index in [1.165, 1.54) is 0 Å². The number of aryl methyl sites for hydroxylation is 2. The van der Waals surface area contributed by atoms with Gasteiger partial charge in [0.05, 0.1) is 0 Å². The van der Waals surface area contributed by atoms with Gasteiger partial charge in [-0.15, -0.1) is 0 Å². The van der Waals surface area contributed by atoms with Crippen molar-refractivity contribution in [2.45, 2.75) is 13.8 Å². The standard InChI is InChI=1S/C17H20ClN5O/c1-12-9-14(18)3-4-15(12)21-16-10-17(20-13(2)19-16)23-7-5-22(11-24)6-8-23/h3-4,9-11H,5-8H2,1-2H3,(H,19,20,21). The SMILES string of the molecule is Cc1nc(Nc2ccc(Cl)cc2C)cc(N2CCN(C=O)CC2)n1. The summed E-state index contributed by atoms with van der Waals surface area (Å²) in [4.78, 5) is 23.8. The Labute approximate surface area is 146 Å². The Morgan fingerprint density at radius 3 is 2.54 bits per heavy atom. The summed E-state index contributed by atoms with van der Waals surface area (Å²) >= 11 is 6.01. The van der Waals surface area contributed by atoms with Crippen molar-refractivity contribution in [2.24, 2.45) is 0 Å². The molecule has 1 aliphatic heterocycles. The molecule has 126 valence electrons. The molecule has 1 amide bonds. The van der Waals surface area contributed by atoms with E-state index in [4.69, 9.17) is 11.6 Å². The fourth-order valence-corrected chi connectivity index (χ4v) is 2.97. The van der Waals surface area contributed by atoms with Gasteiger partial charge in [-0.05, 0) is 37.6 Å². The molecule has 0 unspecified atom stereocenters. The zero-order valence-corrected chi connectivity index (χ0v) is 14.5. The number of benzene rings is 1. The van der Waals surface area contributed by atoms with Gasteiger partial charge in [0.15, 0.2) is 0 Å². The Balaban J connectivity index is 1.80. The van der Waals surface area contributed by atoms with Crippen LogP contribution in [-0.2, 0) is 4.79 Å². The van der Waals surface area contributed by atoms with Crippen LogP contribution in [0.25, 0.3) is 0 Å². The van der Waals surface area contributed by atoms with Crippen LogP contribution in [0.2, 0.25) is 5.02 Å². The number of hydrogen-bond donors (Lipinski definition) is 1. The zero-order chi connectivity index (χ0) is 17.1. The number of rotatable bonds is 4. The molecule has 1 aliphatic rings. The highest BCUT2D eigenvalue weighted by atomic mass is 35.5. The first-order valence-electron chi connectivity index (χ1n) is 7.88. The van der Waals surface area contributed by atoms with Gasteiger partial charge in [-0.3, -0.25) is 4.79 Å². The first kappa shape index (κ1) is 16.5. The molecule has 0 saturated carbocycles. The third kappa shape index (κ3) is 3.76. The van der Waals surface area contributed by atoms with Crippen LogP contribution in [0, 0.1) is 13.8 Å². The van der Waals surface area contributed by atoms with E-state index >= 15 is 0 Å². The predicted molar refractivity (Wildman–Crippen MR) is 96.1 cm³/mol. The number of aromatic nitrogens is 2. The molecule has 2 aromatic rings. The predicted octanol–water partition coefficient (Wildman–Crippen LogP) is 2.77. The highest BCUT2D eigenvalue weighted by Gasteiger charge is 2.18. The van der Waals surface area contributed by atoms with Gasteiger partial charge >= 0.3 is 0 Å². The lowest BCUT2D eigenvalue weighted by Crippen LogP contribution is -2.46. The summed E-state index contributed by atoms with van der Waals surface area (Å²) in [6, 6.07) is 7.65. The van der Waals surface area contributed by atoms with Gasteiger partial charge in [-0.1, -0.05) is 11.6 Å². The molecule has 0 bridgehead atoms. The third-order valence-corrected chi connectivity index (χ3v) is 4.30. The minimum absolute atomic E-state index is 0.708. The minimum Gasteiger partial charge on any atom is -0.353 e.